The summed E-state index contributed by atoms with van der Waals surface area (Å²) in [5.41, 5.74) is 2.81. The Morgan fingerprint density at radius 1 is 1.10 bits per heavy atom. The summed E-state index contributed by atoms with van der Waals surface area (Å²) < 4.78 is 20.8. The van der Waals surface area contributed by atoms with Crippen LogP contribution < -0.4 is 15.4 Å². The van der Waals surface area contributed by atoms with Crippen molar-refractivity contribution >= 4 is 22.9 Å². The molecule has 0 saturated heterocycles. The number of halogens is 1. The molecule has 0 aliphatic rings. The van der Waals surface area contributed by atoms with Crippen molar-refractivity contribution in [3.8, 4) is 17.1 Å². The standard InChI is InChI=1S/C23H22FN5O2/c1-2-31-20-8-4-3-6-18(20)28-23(30)26-14-15-29-21(16-9-11-17(24)12-10-16)27-19-7-5-13-25-22(19)29/h3-13H,2,14-15H2,1H3,(H2,26,28,30). The van der Waals surface area contributed by atoms with Crippen LogP contribution in [0.1, 0.15) is 6.92 Å². The fourth-order valence-corrected chi connectivity index (χ4v) is 3.29. The fraction of sp³-hybridized carbons (Fsp3) is 0.174. The third kappa shape index (κ3) is 4.63. The summed E-state index contributed by atoms with van der Waals surface area (Å²) in [5, 5.41) is 5.66. The van der Waals surface area contributed by atoms with Gasteiger partial charge in [0.2, 0.25) is 0 Å². The summed E-state index contributed by atoms with van der Waals surface area (Å²) in [4.78, 5) is 21.5. The van der Waals surface area contributed by atoms with Crippen molar-refractivity contribution in [2.75, 3.05) is 18.5 Å². The molecule has 31 heavy (non-hydrogen) atoms. The summed E-state index contributed by atoms with van der Waals surface area (Å²) in [6.07, 6.45) is 1.69. The Labute approximate surface area is 178 Å². The summed E-state index contributed by atoms with van der Waals surface area (Å²) in [7, 11) is 0. The monoisotopic (exact) mass is 419 g/mol. The molecule has 0 radical (unpaired) electrons. The third-order valence-corrected chi connectivity index (χ3v) is 4.66. The molecule has 2 aromatic carbocycles. The summed E-state index contributed by atoms with van der Waals surface area (Å²) in [6.45, 7) is 3.19. The number of carbonyl (C=O) groups is 1. The SMILES string of the molecule is CCOc1ccccc1NC(=O)NCCn1c(-c2ccc(F)cc2)nc2cccnc21. The number of nitrogens with zero attached hydrogens (tertiary/aromatic N) is 3. The van der Waals surface area contributed by atoms with E-state index in [1.807, 2.05) is 35.8 Å². The van der Waals surface area contributed by atoms with E-state index in [0.29, 0.717) is 42.6 Å². The molecule has 0 bridgehead atoms. The summed E-state index contributed by atoms with van der Waals surface area (Å²) in [5.74, 6) is 0.969. The zero-order chi connectivity index (χ0) is 21.6. The van der Waals surface area contributed by atoms with E-state index in [4.69, 9.17) is 4.74 Å². The highest BCUT2D eigenvalue weighted by atomic mass is 19.1. The lowest BCUT2D eigenvalue weighted by atomic mass is 10.2. The molecule has 2 aromatic heterocycles. The fourth-order valence-electron chi connectivity index (χ4n) is 3.29. The van der Waals surface area contributed by atoms with Gasteiger partial charge in [0.05, 0.1) is 12.3 Å². The number of anilines is 1. The molecule has 0 aliphatic heterocycles. The van der Waals surface area contributed by atoms with Crippen molar-refractivity contribution < 1.29 is 13.9 Å². The van der Waals surface area contributed by atoms with Crippen molar-refractivity contribution in [3.05, 3.63) is 72.7 Å². The van der Waals surface area contributed by atoms with E-state index in [9.17, 15) is 9.18 Å². The zero-order valence-corrected chi connectivity index (χ0v) is 17.0. The zero-order valence-electron chi connectivity index (χ0n) is 17.0. The van der Waals surface area contributed by atoms with E-state index in [0.717, 1.165) is 11.1 Å². The number of carbonyl (C=O) groups excluding carboxylic acids is 1. The molecule has 0 fully saturated rings. The van der Waals surface area contributed by atoms with Gasteiger partial charge in [0.15, 0.2) is 5.65 Å². The molecule has 0 atom stereocenters. The highest BCUT2D eigenvalue weighted by molar-refractivity contribution is 5.90. The van der Waals surface area contributed by atoms with E-state index < -0.39 is 0 Å². The number of urea groups is 1. The molecule has 158 valence electrons. The van der Waals surface area contributed by atoms with Crippen LogP contribution in [-0.2, 0) is 6.54 Å². The van der Waals surface area contributed by atoms with Crippen molar-refractivity contribution in [1.29, 1.82) is 0 Å². The number of hydrogen-bond acceptors (Lipinski definition) is 4. The van der Waals surface area contributed by atoms with Gasteiger partial charge in [0.1, 0.15) is 22.9 Å². The number of rotatable bonds is 7. The molecule has 0 unspecified atom stereocenters. The molecule has 0 aliphatic carbocycles. The van der Waals surface area contributed by atoms with Gasteiger partial charge in [-0.05, 0) is 55.5 Å². The average molecular weight is 419 g/mol. The third-order valence-electron chi connectivity index (χ3n) is 4.66. The number of para-hydroxylation sites is 2. The Balaban J connectivity index is 1.48. The lowest BCUT2D eigenvalue weighted by Gasteiger charge is -2.13. The van der Waals surface area contributed by atoms with Crippen LogP contribution in [0, 0.1) is 5.82 Å². The molecule has 0 saturated carbocycles. The Hall–Kier alpha value is -3.94. The lowest BCUT2D eigenvalue weighted by molar-refractivity contribution is 0.251. The van der Waals surface area contributed by atoms with Gasteiger partial charge in [-0.1, -0.05) is 12.1 Å². The van der Waals surface area contributed by atoms with E-state index >= 15 is 0 Å². The van der Waals surface area contributed by atoms with Gasteiger partial charge in [-0.25, -0.2) is 19.2 Å². The normalized spacial score (nSPS) is 10.8. The molecule has 7 nitrogen and oxygen atoms in total. The minimum atomic E-state index is -0.340. The number of fused-ring (bicyclic) bond motifs is 1. The second-order valence-corrected chi connectivity index (χ2v) is 6.75. The first-order chi connectivity index (χ1) is 15.2. The maximum absolute atomic E-state index is 13.4. The van der Waals surface area contributed by atoms with E-state index in [1.54, 1.807) is 30.5 Å². The number of aromatic nitrogens is 3. The summed E-state index contributed by atoms with van der Waals surface area (Å²) in [6, 6.07) is 16.8. The van der Waals surface area contributed by atoms with Crippen molar-refractivity contribution in [1.82, 2.24) is 19.9 Å². The number of benzene rings is 2. The van der Waals surface area contributed by atoms with Gasteiger partial charge >= 0.3 is 6.03 Å². The molecule has 2 heterocycles. The first kappa shape index (κ1) is 20.3. The van der Waals surface area contributed by atoms with E-state index in [-0.39, 0.29) is 11.8 Å². The van der Waals surface area contributed by atoms with Crippen molar-refractivity contribution in [2.24, 2.45) is 0 Å². The minimum Gasteiger partial charge on any atom is -0.492 e. The molecule has 4 rings (SSSR count). The molecule has 2 N–H and O–H groups in total. The second-order valence-electron chi connectivity index (χ2n) is 6.75. The van der Waals surface area contributed by atoms with Gasteiger partial charge in [-0.3, -0.25) is 0 Å². The smallest absolute Gasteiger partial charge is 0.319 e. The Kier molecular flexibility index (Phi) is 6.07. The number of pyridine rings is 1. The van der Waals surface area contributed by atoms with Gasteiger partial charge in [-0.2, -0.15) is 0 Å². The molecule has 8 heteroatoms. The first-order valence-electron chi connectivity index (χ1n) is 9.99. The largest absolute Gasteiger partial charge is 0.492 e. The average Bonchev–Trinajstić information content (AvgIpc) is 3.14. The van der Waals surface area contributed by atoms with Crippen LogP contribution >= 0.6 is 0 Å². The maximum atomic E-state index is 13.4. The Morgan fingerprint density at radius 2 is 1.90 bits per heavy atom. The van der Waals surface area contributed by atoms with E-state index in [1.165, 1.54) is 12.1 Å². The highest BCUT2D eigenvalue weighted by Crippen LogP contribution is 2.24. The van der Waals surface area contributed by atoms with Gasteiger partial charge < -0.3 is 19.9 Å². The number of nitrogens with one attached hydrogen (secondary N) is 2. The number of ether oxygens (including phenoxy) is 1. The molecular weight excluding hydrogens is 397 g/mol. The predicted molar refractivity (Wildman–Crippen MR) is 118 cm³/mol. The van der Waals surface area contributed by atoms with Crippen molar-refractivity contribution in [2.45, 2.75) is 13.5 Å². The first-order valence-corrected chi connectivity index (χ1v) is 9.99. The van der Waals surface area contributed by atoms with Crippen LogP contribution in [-0.4, -0.2) is 33.7 Å². The summed E-state index contributed by atoms with van der Waals surface area (Å²) >= 11 is 0. The maximum Gasteiger partial charge on any atom is 0.319 e. The van der Waals surface area contributed by atoms with E-state index in [2.05, 4.69) is 20.6 Å². The Morgan fingerprint density at radius 3 is 2.71 bits per heavy atom. The topological polar surface area (TPSA) is 81.1 Å². The van der Waals surface area contributed by atoms with Crippen LogP contribution in [0.4, 0.5) is 14.9 Å². The highest BCUT2D eigenvalue weighted by Gasteiger charge is 2.14. The minimum absolute atomic E-state index is 0.310. The quantitative estimate of drug-likeness (QED) is 0.464. The van der Waals surface area contributed by atoms with Gasteiger partial charge in [-0.15, -0.1) is 0 Å². The lowest BCUT2D eigenvalue weighted by Crippen LogP contribution is -2.31. The second kappa shape index (κ2) is 9.25. The molecule has 0 spiro atoms. The number of hydrogen-bond donors (Lipinski definition) is 2. The van der Waals surface area contributed by atoms with Crippen LogP contribution in [0.2, 0.25) is 0 Å². The number of imidazole rings is 1. The van der Waals surface area contributed by atoms with Crippen LogP contribution in [0.5, 0.6) is 5.75 Å². The molecule has 2 amide bonds. The molecular formula is C23H22FN5O2. The van der Waals surface area contributed by atoms with Gasteiger partial charge in [0, 0.05) is 24.8 Å². The van der Waals surface area contributed by atoms with Crippen LogP contribution in [0.25, 0.3) is 22.6 Å². The van der Waals surface area contributed by atoms with Gasteiger partial charge in [0.25, 0.3) is 0 Å². The number of amides is 2. The Bertz CT molecular complexity index is 1190. The molecule has 4 aromatic rings. The van der Waals surface area contributed by atoms with Crippen molar-refractivity contribution in [3.63, 3.8) is 0 Å². The predicted octanol–water partition coefficient (Wildman–Crippen LogP) is 4.46. The van der Waals surface area contributed by atoms with Crippen LogP contribution in [0.15, 0.2) is 66.9 Å². The van der Waals surface area contributed by atoms with Crippen LogP contribution in [0.3, 0.4) is 0 Å².